The molecule has 5 nitrogen and oxygen atoms in total. The van der Waals surface area contributed by atoms with E-state index in [9.17, 15) is 0 Å². The molecule has 0 amide bonds. The molecule has 2 aromatic heterocycles. The summed E-state index contributed by atoms with van der Waals surface area (Å²) in [6.45, 7) is 0. The second-order valence-corrected chi connectivity index (χ2v) is 5.00. The van der Waals surface area contributed by atoms with Crippen molar-refractivity contribution >= 4 is 40.1 Å². The van der Waals surface area contributed by atoms with Gasteiger partial charge in [-0.3, -0.25) is 0 Å². The van der Waals surface area contributed by atoms with Gasteiger partial charge in [0.1, 0.15) is 0 Å². The van der Waals surface area contributed by atoms with Crippen LogP contribution in [0.25, 0.3) is 11.0 Å². The molecule has 0 fully saturated rings. The average molecular weight is 278 g/mol. The minimum atomic E-state index is 0.511. The van der Waals surface area contributed by atoms with E-state index in [0.717, 1.165) is 16.2 Å². The Morgan fingerprint density at radius 3 is 2.78 bits per heavy atom. The van der Waals surface area contributed by atoms with Crippen LogP contribution < -0.4 is 5.73 Å². The van der Waals surface area contributed by atoms with Crippen molar-refractivity contribution < 1.29 is 0 Å². The van der Waals surface area contributed by atoms with Gasteiger partial charge >= 0.3 is 0 Å². The second kappa shape index (κ2) is 4.47. The third kappa shape index (κ3) is 2.25. The largest absolute Gasteiger partial charge is 0.399 e. The smallest absolute Gasteiger partial charge is 0.195 e. The summed E-state index contributed by atoms with van der Waals surface area (Å²) in [7, 11) is 0. The van der Waals surface area contributed by atoms with Crippen molar-refractivity contribution in [3.63, 3.8) is 0 Å². The van der Waals surface area contributed by atoms with Crippen LogP contribution in [0.2, 0.25) is 5.02 Å². The summed E-state index contributed by atoms with van der Waals surface area (Å²) >= 11 is 7.06. The van der Waals surface area contributed by atoms with Gasteiger partial charge in [-0.1, -0.05) is 11.6 Å². The number of rotatable bonds is 2. The van der Waals surface area contributed by atoms with Gasteiger partial charge in [-0.15, -0.1) is 0 Å². The molecular formula is C11H8ClN5S. The molecular weight excluding hydrogens is 270 g/mol. The van der Waals surface area contributed by atoms with Crippen LogP contribution in [-0.2, 0) is 0 Å². The summed E-state index contributed by atoms with van der Waals surface area (Å²) in [5.74, 6) is 0. The summed E-state index contributed by atoms with van der Waals surface area (Å²) < 4.78 is 0. The van der Waals surface area contributed by atoms with E-state index in [1.807, 2.05) is 18.2 Å². The Labute approximate surface area is 112 Å². The Kier molecular flexibility index (Phi) is 2.81. The number of anilines is 1. The number of fused-ring (bicyclic) bond motifs is 1. The molecule has 0 unspecified atom stereocenters. The van der Waals surface area contributed by atoms with E-state index in [4.69, 9.17) is 17.3 Å². The van der Waals surface area contributed by atoms with E-state index < -0.39 is 0 Å². The van der Waals surface area contributed by atoms with Crippen molar-refractivity contribution in [2.75, 3.05) is 5.73 Å². The summed E-state index contributed by atoms with van der Waals surface area (Å²) in [5.41, 5.74) is 8.16. The van der Waals surface area contributed by atoms with E-state index >= 15 is 0 Å². The highest BCUT2D eigenvalue weighted by molar-refractivity contribution is 7.99. The number of hydrogen-bond donors (Lipinski definition) is 2. The third-order valence-electron chi connectivity index (χ3n) is 2.27. The molecule has 0 aliphatic carbocycles. The molecule has 7 heteroatoms. The first-order valence-corrected chi connectivity index (χ1v) is 6.31. The average Bonchev–Trinajstić information content (AvgIpc) is 2.73. The fourth-order valence-electron chi connectivity index (χ4n) is 1.49. The van der Waals surface area contributed by atoms with E-state index in [2.05, 4.69) is 19.9 Å². The topological polar surface area (TPSA) is 80.5 Å². The van der Waals surface area contributed by atoms with Gasteiger partial charge in [-0.25, -0.2) is 15.0 Å². The number of H-pyrrole nitrogens is 1. The number of halogens is 1. The lowest BCUT2D eigenvalue weighted by atomic mass is 10.3. The van der Waals surface area contributed by atoms with Gasteiger partial charge in [0.25, 0.3) is 0 Å². The van der Waals surface area contributed by atoms with Gasteiger partial charge in [0.05, 0.1) is 28.4 Å². The van der Waals surface area contributed by atoms with Crippen LogP contribution >= 0.6 is 23.4 Å². The molecule has 0 spiro atoms. The summed E-state index contributed by atoms with van der Waals surface area (Å²) in [4.78, 5) is 15.8. The number of benzene rings is 1. The zero-order valence-corrected chi connectivity index (χ0v) is 10.7. The van der Waals surface area contributed by atoms with Crippen LogP contribution in [0.4, 0.5) is 5.69 Å². The van der Waals surface area contributed by atoms with E-state index in [1.165, 1.54) is 11.8 Å². The molecule has 0 aliphatic heterocycles. The maximum absolute atomic E-state index is 5.72. The number of hydrogen-bond acceptors (Lipinski definition) is 5. The Bertz CT molecular complexity index is 694. The molecule has 3 rings (SSSR count). The van der Waals surface area contributed by atoms with Crippen molar-refractivity contribution in [2.45, 2.75) is 10.3 Å². The van der Waals surface area contributed by atoms with Gasteiger partial charge in [-0.2, -0.15) is 0 Å². The van der Waals surface area contributed by atoms with Crippen molar-refractivity contribution in [1.29, 1.82) is 0 Å². The fraction of sp³-hybridized carbons (Fsp3) is 0. The van der Waals surface area contributed by atoms with Crippen LogP contribution in [0.1, 0.15) is 0 Å². The van der Waals surface area contributed by atoms with Gasteiger partial charge in [0.15, 0.2) is 10.3 Å². The SMILES string of the molecule is Nc1ccc2nc(Sc3ncc(Cl)cn3)[nH]c2c1. The maximum atomic E-state index is 5.72. The molecule has 3 aromatic rings. The van der Waals surface area contributed by atoms with Crippen LogP contribution in [0.15, 0.2) is 40.9 Å². The molecule has 0 saturated carbocycles. The minimum Gasteiger partial charge on any atom is -0.399 e. The van der Waals surface area contributed by atoms with Crippen molar-refractivity contribution in [3.8, 4) is 0 Å². The molecule has 1 aromatic carbocycles. The molecule has 0 aliphatic rings. The van der Waals surface area contributed by atoms with Crippen LogP contribution in [-0.4, -0.2) is 19.9 Å². The predicted molar refractivity (Wildman–Crippen MR) is 71.7 cm³/mol. The highest BCUT2D eigenvalue weighted by Crippen LogP contribution is 2.25. The lowest BCUT2D eigenvalue weighted by Crippen LogP contribution is -1.85. The Morgan fingerprint density at radius 2 is 2.00 bits per heavy atom. The molecule has 0 bridgehead atoms. The zero-order chi connectivity index (χ0) is 12.5. The maximum Gasteiger partial charge on any atom is 0.195 e. The minimum absolute atomic E-state index is 0.511. The zero-order valence-electron chi connectivity index (χ0n) is 9.09. The molecule has 0 radical (unpaired) electrons. The van der Waals surface area contributed by atoms with Crippen molar-refractivity contribution in [3.05, 3.63) is 35.6 Å². The third-order valence-corrected chi connectivity index (χ3v) is 3.24. The number of nitrogens with zero attached hydrogens (tertiary/aromatic N) is 3. The second-order valence-electron chi connectivity index (χ2n) is 3.60. The molecule has 18 heavy (non-hydrogen) atoms. The number of imidazole rings is 1. The summed E-state index contributed by atoms with van der Waals surface area (Å²) in [6, 6.07) is 5.53. The standard InChI is InChI=1S/C11H8ClN5S/c12-6-4-14-10(15-5-6)18-11-16-8-2-1-7(13)3-9(8)17-11/h1-5H,13H2,(H,16,17). The first-order valence-electron chi connectivity index (χ1n) is 5.11. The van der Waals surface area contributed by atoms with E-state index in [1.54, 1.807) is 12.4 Å². The van der Waals surface area contributed by atoms with E-state index in [0.29, 0.717) is 15.9 Å². The highest BCUT2D eigenvalue weighted by Gasteiger charge is 2.06. The van der Waals surface area contributed by atoms with Crippen LogP contribution in [0.5, 0.6) is 0 Å². The molecule has 90 valence electrons. The highest BCUT2D eigenvalue weighted by atomic mass is 35.5. The van der Waals surface area contributed by atoms with Crippen LogP contribution in [0.3, 0.4) is 0 Å². The number of nitrogen functional groups attached to an aromatic ring is 1. The molecule has 2 heterocycles. The summed E-state index contributed by atoms with van der Waals surface area (Å²) in [6.07, 6.45) is 3.11. The number of nitrogens with two attached hydrogens (primary N) is 1. The fourth-order valence-corrected chi connectivity index (χ4v) is 2.28. The quantitative estimate of drug-likeness (QED) is 0.556. The van der Waals surface area contributed by atoms with Crippen molar-refractivity contribution in [2.24, 2.45) is 0 Å². The van der Waals surface area contributed by atoms with E-state index in [-0.39, 0.29) is 0 Å². The van der Waals surface area contributed by atoms with Gasteiger partial charge in [0.2, 0.25) is 0 Å². The van der Waals surface area contributed by atoms with Gasteiger partial charge in [0, 0.05) is 5.69 Å². The van der Waals surface area contributed by atoms with Crippen LogP contribution in [0, 0.1) is 0 Å². The van der Waals surface area contributed by atoms with Gasteiger partial charge in [-0.05, 0) is 30.0 Å². The number of nitrogens with one attached hydrogen (secondary N) is 1. The first kappa shape index (κ1) is 11.3. The Hall–Kier alpha value is -1.79. The normalized spacial score (nSPS) is 10.9. The molecule has 0 atom stereocenters. The predicted octanol–water partition coefficient (Wildman–Crippen LogP) is 2.74. The Morgan fingerprint density at radius 1 is 1.22 bits per heavy atom. The van der Waals surface area contributed by atoms with Gasteiger partial charge < -0.3 is 10.7 Å². The first-order chi connectivity index (χ1) is 8.70. The number of aromatic amines is 1. The number of aromatic nitrogens is 4. The monoisotopic (exact) mass is 277 g/mol. The lowest BCUT2D eigenvalue weighted by Gasteiger charge is -1.94. The Balaban J connectivity index is 1.92. The molecule has 0 saturated heterocycles. The van der Waals surface area contributed by atoms with Crippen molar-refractivity contribution in [1.82, 2.24) is 19.9 Å². The molecule has 3 N–H and O–H groups in total. The lowest BCUT2D eigenvalue weighted by molar-refractivity contribution is 0.954. The summed E-state index contributed by atoms with van der Waals surface area (Å²) in [5, 5.41) is 1.82.